The van der Waals surface area contributed by atoms with Crippen LogP contribution in [-0.2, 0) is 10.2 Å². The van der Waals surface area contributed by atoms with E-state index < -0.39 is 11.4 Å². The van der Waals surface area contributed by atoms with Gasteiger partial charge in [-0.3, -0.25) is 4.79 Å². The molecule has 5 nitrogen and oxygen atoms in total. The molecule has 5 heteroatoms. The monoisotopic (exact) mass is 223 g/mol. The molecule has 1 aliphatic carbocycles. The molecule has 0 amide bonds. The van der Waals surface area contributed by atoms with E-state index >= 15 is 0 Å². The molecule has 0 atom stereocenters. The molecule has 1 fully saturated rings. The zero-order valence-electron chi connectivity index (χ0n) is 9.19. The molecule has 0 aromatic carbocycles. The molecule has 1 heterocycles. The zero-order chi connectivity index (χ0) is 11.8. The molecule has 1 aliphatic rings. The highest BCUT2D eigenvalue weighted by Gasteiger charge is 2.53. The largest absolute Gasteiger partial charge is 0.496 e. The fourth-order valence-corrected chi connectivity index (χ4v) is 1.78. The predicted octanol–water partition coefficient (Wildman–Crippen LogP) is 1.21. The Bertz CT molecular complexity index is 426. The molecular formula is C11H13NO4. The summed E-state index contributed by atoms with van der Waals surface area (Å²) in [6.07, 6.45) is 2.79. The third-order valence-corrected chi connectivity index (χ3v) is 2.94. The van der Waals surface area contributed by atoms with Crippen LogP contribution in [-0.4, -0.2) is 30.3 Å². The molecule has 86 valence electrons. The summed E-state index contributed by atoms with van der Waals surface area (Å²) in [7, 11) is 3.02. The summed E-state index contributed by atoms with van der Waals surface area (Å²) in [6.45, 7) is 0. The van der Waals surface area contributed by atoms with Crippen molar-refractivity contribution < 1.29 is 19.4 Å². The second-order valence-electron chi connectivity index (χ2n) is 3.81. The Morgan fingerprint density at radius 2 is 2.12 bits per heavy atom. The third kappa shape index (κ3) is 1.48. The molecule has 1 aromatic heterocycles. The van der Waals surface area contributed by atoms with Gasteiger partial charge in [0.1, 0.15) is 5.75 Å². The minimum Gasteiger partial charge on any atom is -0.496 e. The Labute approximate surface area is 93.0 Å². The maximum absolute atomic E-state index is 11.2. The molecule has 0 saturated heterocycles. The minimum absolute atomic E-state index is 0.418. The number of hydrogen-bond donors (Lipinski definition) is 1. The number of pyridine rings is 1. The predicted molar refractivity (Wildman–Crippen MR) is 55.9 cm³/mol. The molecule has 2 rings (SSSR count). The van der Waals surface area contributed by atoms with Gasteiger partial charge in [0.15, 0.2) is 0 Å². The van der Waals surface area contributed by atoms with Crippen LogP contribution < -0.4 is 9.47 Å². The molecule has 1 aromatic rings. The van der Waals surface area contributed by atoms with E-state index in [4.69, 9.17) is 9.47 Å². The number of ether oxygens (including phenoxy) is 2. The fourth-order valence-electron chi connectivity index (χ4n) is 1.78. The lowest BCUT2D eigenvalue weighted by atomic mass is 9.97. The van der Waals surface area contributed by atoms with Gasteiger partial charge in [0.25, 0.3) is 0 Å². The van der Waals surface area contributed by atoms with Gasteiger partial charge < -0.3 is 14.6 Å². The maximum atomic E-state index is 11.2. The van der Waals surface area contributed by atoms with Gasteiger partial charge >= 0.3 is 5.97 Å². The van der Waals surface area contributed by atoms with Crippen molar-refractivity contribution in [2.75, 3.05) is 14.2 Å². The summed E-state index contributed by atoms with van der Waals surface area (Å²) in [5, 5.41) is 9.19. The quantitative estimate of drug-likeness (QED) is 0.831. The second-order valence-corrected chi connectivity index (χ2v) is 3.81. The summed E-state index contributed by atoms with van der Waals surface area (Å²) in [5.74, 6) is 0.117. The topological polar surface area (TPSA) is 68.7 Å². The van der Waals surface area contributed by atoms with Gasteiger partial charge in [0, 0.05) is 17.8 Å². The highest BCUT2D eigenvalue weighted by Crippen LogP contribution is 2.51. The Morgan fingerprint density at radius 3 is 2.56 bits per heavy atom. The van der Waals surface area contributed by atoms with E-state index in [2.05, 4.69) is 4.98 Å². The molecule has 0 spiro atoms. The second kappa shape index (κ2) is 3.66. The Kier molecular flexibility index (Phi) is 2.46. The minimum atomic E-state index is -0.822. The molecule has 1 N–H and O–H groups in total. The molecule has 0 bridgehead atoms. The van der Waals surface area contributed by atoms with Gasteiger partial charge in [-0.2, -0.15) is 0 Å². The number of methoxy groups -OCH3 is 2. The number of rotatable bonds is 4. The maximum Gasteiger partial charge on any atom is 0.314 e. The zero-order valence-corrected chi connectivity index (χ0v) is 9.19. The number of carbonyl (C=O) groups is 1. The van der Waals surface area contributed by atoms with Crippen LogP contribution in [0.5, 0.6) is 11.6 Å². The van der Waals surface area contributed by atoms with Crippen LogP contribution in [0, 0.1) is 0 Å². The van der Waals surface area contributed by atoms with Crippen LogP contribution in [0.2, 0.25) is 0 Å². The highest BCUT2D eigenvalue weighted by molar-refractivity contribution is 5.85. The van der Waals surface area contributed by atoms with E-state index in [0.717, 1.165) is 0 Å². The van der Waals surface area contributed by atoms with Crippen molar-refractivity contribution in [2.24, 2.45) is 0 Å². The number of aliphatic carboxylic acids is 1. The molecule has 0 radical (unpaired) electrons. The summed E-state index contributed by atoms with van der Waals surface area (Å²) in [6, 6.07) is 1.61. The lowest BCUT2D eigenvalue weighted by molar-refractivity contribution is -0.140. The number of hydrogen-bond acceptors (Lipinski definition) is 4. The summed E-state index contributed by atoms with van der Waals surface area (Å²) < 4.78 is 10.1. The average molecular weight is 223 g/mol. The number of aromatic nitrogens is 1. The van der Waals surface area contributed by atoms with Gasteiger partial charge in [0.2, 0.25) is 5.88 Å². The number of carboxylic acid groups (broad SMARTS) is 1. The van der Waals surface area contributed by atoms with Crippen molar-refractivity contribution in [3.05, 3.63) is 17.8 Å². The third-order valence-electron chi connectivity index (χ3n) is 2.94. The Hall–Kier alpha value is -1.78. The van der Waals surface area contributed by atoms with Crippen molar-refractivity contribution in [3.63, 3.8) is 0 Å². The summed E-state index contributed by atoms with van der Waals surface area (Å²) in [4.78, 5) is 15.2. The normalized spacial score (nSPS) is 16.6. The SMILES string of the molecule is COc1cc(OC)c(C2(C(=O)O)CC2)cn1. The van der Waals surface area contributed by atoms with Crippen LogP contribution in [0.1, 0.15) is 18.4 Å². The van der Waals surface area contributed by atoms with Crippen molar-refractivity contribution in [3.8, 4) is 11.6 Å². The first-order valence-electron chi connectivity index (χ1n) is 4.96. The van der Waals surface area contributed by atoms with Crippen molar-refractivity contribution in [1.82, 2.24) is 4.98 Å². The Morgan fingerprint density at radius 1 is 1.44 bits per heavy atom. The standard InChI is InChI=1S/C11H13NO4/c1-15-8-5-9(16-2)12-6-7(8)11(3-4-11)10(13)14/h5-6H,3-4H2,1-2H3,(H,13,14). The van der Waals surface area contributed by atoms with Crippen LogP contribution in [0.4, 0.5) is 0 Å². The number of carboxylic acids is 1. The van der Waals surface area contributed by atoms with E-state index in [9.17, 15) is 9.90 Å². The first kappa shape index (κ1) is 10.7. The summed E-state index contributed by atoms with van der Waals surface area (Å²) in [5.41, 5.74) is -0.173. The lowest BCUT2D eigenvalue weighted by Crippen LogP contribution is -2.20. The fraction of sp³-hybridized carbons (Fsp3) is 0.455. The molecule has 16 heavy (non-hydrogen) atoms. The molecule has 0 aliphatic heterocycles. The van der Waals surface area contributed by atoms with Gasteiger partial charge in [-0.1, -0.05) is 0 Å². The van der Waals surface area contributed by atoms with Crippen LogP contribution in [0.25, 0.3) is 0 Å². The van der Waals surface area contributed by atoms with Crippen LogP contribution >= 0.6 is 0 Å². The van der Waals surface area contributed by atoms with Crippen molar-refractivity contribution >= 4 is 5.97 Å². The van der Waals surface area contributed by atoms with Gasteiger partial charge in [-0.25, -0.2) is 4.98 Å². The highest BCUT2D eigenvalue weighted by atomic mass is 16.5. The van der Waals surface area contributed by atoms with Crippen LogP contribution in [0.15, 0.2) is 12.3 Å². The van der Waals surface area contributed by atoms with E-state index in [1.54, 1.807) is 6.07 Å². The van der Waals surface area contributed by atoms with Crippen molar-refractivity contribution in [2.45, 2.75) is 18.3 Å². The van der Waals surface area contributed by atoms with E-state index in [1.165, 1.54) is 20.4 Å². The van der Waals surface area contributed by atoms with Gasteiger partial charge in [-0.05, 0) is 12.8 Å². The number of nitrogens with zero attached hydrogens (tertiary/aromatic N) is 1. The van der Waals surface area contributed by atoms with Gasteiger partial charge in [0.05, 0.1) is 19.6 Å². The van der Waals surface area contributed by atoms with Gasteiger partial charge in [-0.15, -0.1) is 0 Å². The molecular weight excluding hydrogens is 210 g/mol. The van der Waals surface area contributed by atoms with E-state index in [-0.39, 0.29) is 0 Å². The van der Waals surface area contributed by atoms with Crippen molar-refractivity contribution in [1.29, 1.82) is 0 Å². The smallest absolute Gasteiger partial charge is 0.314 e. The Balaban J connectivity index is 2.45. The summed E-state index contributed by atoms with van der Waals surface area (Å²) >= 11 is 0. The first-order valence-corrected chi connectivity index (χ1v) is 4.96. The average Bonchev–Trinajstić information content (AvgIpc) is 3.09. The first-order chi connectivity index (χ1) is 7.64. The van der Waals surface area contributed by atoms with E-state index in [0.29, 0.717) is 30.0 Å². The molecule has 0 unspecified atom stereocenters. The van der Waals surface area contributed by atoms with E-state index in [1.807, 2.05) is 0 Å². The lowest BCUT2D eigenvalue weighted by Gasteiger charge is -2.14. The van der Waals surface area contributed by atoms with Crippen LogP contribution in [0.3, 0.4) is 0 Å². The molecule has 1 saturated carbocycles.